The van der Waals surface area contributed by atoms with Gasteiger partial charge in [0.25, 0.3) is 0 Å². The van der Waals surface area contributed by atoms with Crippen LogP contribution in [0.2, 0.25) is 0 Å². The molecule has 1 aromatic heterocycles. The Balaban J connectivity index is 1.79. The molecule has 0 aliphatic carbocycles. The van der Waals surface area contributed by atoms with E-state index in [1.165, 1.54) is 16.5 Å². The third kappa shape index (κ3) is 2.73. The lowest BCUT2D eigenvalue weighted by atomic mass is 10.2. The highest BCUT2D eigenvalue weighted by Gasteiger charge is 2.18. The number of thiophene rings is 1. The predicted molar refractivity (Wildman–Crippen MR) is 64.3 cm³/mol. The monoisotopic (exact) mass is 228 g/mol. The van der Waals surface area contributed by atoms with Crippen molar-refractivity contribution in [2.45, 2.75) is 10.3 Å². The molecule has 0 saturated carbocycles. The fraction of sp³-hybridized carbons (Fsp3) is 0.600. The molecule has 2 nitrogen and oxygen atoms in total. The van der Waals surface area contributed by atoms with Gasteiger partial charge in [0, 0.05) is 31.4 Å². The zero-order valence-corrected chi connectivity index (χ0v) is 10.0. The third-order valence-electron chi connectivity index (χ3n) is 2.56. The Bertz CT molecular complexity index is 261. The van der Waals surface area contributed by atoms with Crippen LogP contribution < -0.4 is 5.32 Å². The van der Waals surface area contributed by atoms with E-state index in [1.54, 1.807) is 0 Å². The van der Waals surface area contributed by atoms with E-state index in [0.29, 0.717) is 6.04 Å². The van der Waals surface area contributed by atoms with Crippen molar-refractivity contribution in [1.82, 2.24) is 10.2 Å². The van der Waals surface area contributed by atoms with Gasteiger partial charge < -0.3 is 10.2 Å². The van der Waals surface area contributed by atoms with Gasteiger partial charge >= 0.3 is 0 Å². The molecule has 0 radical (unpaired) electrons. The Kier molecular flexibility index (Phi) is 3.87. The number of nitrogens with zero attached hydrogens (tertiary/aromatic N) is 1. The molecule has 0 aromatic carbocycles. The number of likely N-dealkylation sites (N-methyl/N-ethyl adjacent to an activating group) is 1. The average molecular weight is 228 g/mol. The lowest BCUT2D eigenvalue weighted by molar-refractivity contribution is 0.218. The quantitative estimate of drug-likeness (QED) is 0.794. The van der Waals surface area contributed by atoms with Crippen LogP contribution in [0.5, 0.6) is 0 Å². The van der Waals surface area contributed by atoms with Crippen molar-refractivity contribution in [3.05, 3.63) is 17.5 Å². The summed E-state index contributed by atoms with van der Waals surface area (Å²) in [5.41, 5.74) is 0. The summed E-state index contributed by atoms with van der Waals surface area (Å²) in [5.74, 6) is 1.20. The van der Waals surface area contributed by atoms with E-state index < -0.39 is 0 Å². The topological polar surface area (TPSA) is 15.3 Å². The molecule has 0 bridgehead atoms. The molecular weight excluding hydrogens is 212 g/mol. The van der Waals surface area contributed by atoms with Crippen LogP contribution in [-0.4, -0.2) is 43.4 Å². The van der Waals surface area contributed by atoms with Gasteiger partial charge in [-0.05, 0) is 18.5 Å². The van der Waals surface area contributed by atoms with Gasteiger partial charge in [0.2, 0.25) is 0 Å². The summed E-state index contributed by atoms with van der Waals surface area (Å²) in [7, 11) is 2.22. The van der Waals surface area contributed by atoms with Crippen LogP contribution in [0, 0.1) is 0 Å². The summed E-state index contributed by atoms with van der Waals surface area (Å²) in [6.07, 6.45) is 0. The Morgan fingerprint density at radius 3 is 3.36 bits per heavy atom. The second-order valence-electron chi connectivity index (χ2n) is 3.58. The fourth-order valence-corrected chi connectivity index (χ4v) is 3.57. The molecule has 78 valence electrons. The van der Waals surface area contributed by atoms with Gasteiger partial charge in [0.05, 0.1) is 4.21 Å². The van der Waals surface area contributed by atoms with Gasteiger partial charge in [0.15, 0.2) is 0 Å². The number of hydrogen-bond donors (Lipinski definition) is 1. The summed E-state index contributed by atoms with van der Waals surface area (Å²) >= 11 is 3.81. The van der Waals surface area contributed by atoms with Crippen LogP contribution in [0.3, 0.4) is 0 Å². The van der Waals surface area contributed by atoms with Crippen molar-refractivity contribution in [3.63, 3.8) is 0 Å². The van der Waals surface area contributed by atoms with Crippen molar-refractivity contribution in [1.29, 1.82) is 0 Å². The zero-order chi connectivity index (χ0) is 9.80. The predicted octanol–water partition coefficient (Wildman–Crippen LogP) is 1.74. The first-order valence-electron chi connectivity index (χ1n) is 4.93. The fourth-order valence-electron chi connectivity index (χ4n) is 1.57. The third-order valence-corrected chi connectivity index (χ3v) is 4.83. The molecule has 1 aromatic rings. The van der Waals surface area contributed by atoms with E-state index >= 15 is 0 Å². The number of rotatable bonds is 3. The molecule has 1 aliphatic rings. The lowest BCUT2D eigenvalue weighted by Gasteiger charge is -2.32. The maximum atomic E-state index is 3.44. The van der Waals surface area contributed by atoms with Crippen molar-refractivity contribution in [2.24, 2.45) is 0 Å². The molecule has 0 amide bonds. The lowest BCUT2D eigenvalue weighted by Crippen LogP contribution is -2.50. The standard InChI is InChI=1S/C10H16N2S2/c1-12-5-4-11-7-9(12)8-14-10-3-2-6-13-10/h2-3,6,9,11H,4-5,7-8H2,1H3. The van der Waals surface area contributed by atoms with E-state index in [4.69, 9.17) is 0 Å². The minimum Gasteiger partial charge on any atom is -0.314 e. The van der Waals surface area contributed by atoms with Crippen LogP contribution >= 0.6 is 23.1 Å². The van der Waals surface area contributed by atoms with Gasteiger partial charge in [0.1, 0.15) is 0 Å². The summed E-state index contributed by atoms with van der Waals surface area (Å²) in [6.45, 7) is 3.45. The number of thioether (sulfide) groups is 1. The van der Waals surface area contributed by atoms with Crippen LogP contribution in [-0.2, 0) is 0 Å². The van der Waals surface area contributed by atoms with Crippen molar-refractivity contribution >= 4 is 23.1 Å². The van der Waals surface area contributed by atoms with Crippen LogP contribution in [0.25, 0.3) is 0 Å². The van der Waals surface area contributed by atoms with Crippen LogP contribution in [0.1, 0.15) is 0 Å². The smallest absolute Gasteiger partial charge is 0.0599 e. The molecule has 0 spiro atoms. The van der Waals surface area contributed by atoms with Gasteiger partial charge in [-0.1, -0.05) is 6.07 Å². The van der Waals surface area contributed by atoms with E-state index in [2.05, 4.69) is 34.8 Å². The van der Waals surface area contributed by atoms with Crippen LogP contribution in [0.15, 0.2) is 21.7 Å². The van der Waals surface area contributed by atoms with E-state index in [9.17, 15) is 0 Å². The minimum atomic E-state index is 0.691. The summed E-state index contributed by atoms with van der Waals surface area (Å²) in [4.78, 5) is 2.46. The molecule has 1 atom stereocenters. The molecule has 1 aliphatic heterocycles. The van der Waals surface area contributed by atoms with E-state index in [1.807, 2.05) is 23.1 Å². The maximum Gasteiger partial charge on any atom is 0.0599 e. The Morgan fingerprint density at radius 2 is 2.64 bits per heavy atom. The molecule has 1 saturated heterocycles. The Morgan fingerprint density at radius 1 is 1.71 bits per heavy atom. The van der Waals surface area contributed by atoms with E-state index in [-0.39, 0.29) is 0 Å². The van der Waals surface area contributed by atoms with Crippen LogP contribution in [0.4, 0.5) is 0 Å². The zero-order valence-electron chi connectivity index (χ0n) is 8.40. The first-order chi connectivity index (χ1) is 6.86. The molecule has 2 rings (SSSR count). The molecule has 1 fully saturated rings. The molecule has 14 heavy (non-hydrogen) atoms. The highest BCUT2D eigenvalue weighted by molar-refractivity contribution is 8.01. The Hall–Kier alpha value is -0.0300. The number of hydrogen-bond acceptors (Lipinski definition) is 4. The van der Waals surface area contributed by atoms with Gasteiger partial charge in [-0.15, -0.1) is 23.1 Å². The number of piperazine rings is 1. The second kappa shape index (κ2) is 5.16. The maximum absolute atomic E-state index is 3.44. The second-order valence-corrected chi connectivity index (χ2v) is 5.85. The normalized spacial score (nSPS) is 23.9. The summed E-state index contributed by atoms with van der Waals surface area (Å²) in [6, 6.07) is 5.01. The van der Waals surface area contributed by atoms with E-state index in [0.717, 1.165) is 13.1 Å². The first-order valence-corrected chi connectivity index (χ1v) is 6.80. The first kappa shape index (κ1) is 10.5. The average Bonchev–Trinajstić information content (AvgIpc) is 2.69. The highest BCUT2D eigenvalue weighted by Crippen LogP contribution is 2.24. The minimum absolute atomic E-state index is 0.691. The Labute approximate surface area is 93.7 Å². The largest absolute Gasteiger partial charge is 0.314 e. The summed E-state index contributed by atoms with van der Waals surface area (Å²) in [5, 5.41) is 5.59. The molecule has 2 heterocycles. The van der Waals surface area contributed by atoms with Gasteiger partial charge in [-0.3, -0.25) is 0 Å². The van der Waals surface area contributed by atoms with Gasteiger partial charge in [-0.25, -0.2) is 0 Å². The number of nitrogens with one attached hydrogen (secondary N) is 1. The van der Waals surface area contributed by atoms with Crippen molar-refractivity contribution in [3.8, 4) is 0 Å². The van der Waals surface area contributed by atoms with Crippen molar-refractivity contribution in [2.75, 3.05) is 32.4 Å². The summed E-state index contributed by atoms with van der Waals surface area (Å²) < 4.78 is 1.43. The molecule has 1 N–H and O–H groups in total. The molecular formula is C10H16N2S2. The van der Waals surface area contributed by atoms with Crippen molar-refractivity contribution < 1.29 is 0 Å². The molecule has 4 heteroatoms. The van der Waals surface area contributed by atoms with Gasteiger partial charge in [-0.2, -0.15) is 0 Å². The SMILES string of the molecule is CN1CCNCC1CSc1cccs1. The molecule has 1 unspecified atom stereocenters. The highest BCUT2D eigenvalue weighted by atomic mass is 32.2.